The third-order valence-corrected chi connectivity index (χ3v) is 4.88. The molecule has 22 heavy (non-hydrogen) atoms. The van der Waals surface area contributed by atoms with Crippen molar-refractivity contribution in [3.8, 4) is 0 Å². The summed E-state index contributed by atoms with van der Waals surface area (Å²) in [5.74, 6) is -0.494. The van der Waals surface area contributed by atoms with Crippen LogP contribution >= 0.6 is 27.7 Å². The third-order valence-electron chi connectivity index (χ3n) is 2.93. The Balaban J connectivity index is 2.18. The molecule has 0 unspecified atom stereocenters. The lowest BCUT2D eigenvalue weighted by Gasteiger charge is -2.10. The van der Waals surface area contributed by atoms with Gasteiger partial charge in [0.2, 0.25) is 5.91 Å². The highest BCUT2D eigenvalue weighted by atomic mass is 79.9. The maximum Gasteiger partial charge on any atom is 0.256 e. The first-order valence-electron chi connectivity index (χ1n) is 6.55. The van der Waals surface area contributed by atoms with Gasteiger partial charge < -0.3 is 11.1 Å². The highest BCUT2D eigenvalue weighted by Crippen LogP contribution is 2.25. The summed E-state index contributed by atoms with van der Waals surface area (Å²) in [6, 6.07) is 12.8. The summed E-state index contributed by atoms with van der Waals surface area (Å²) in [4.78, 5) is 24.1. The van der Waals surface area contributed by atoms with Crippen molar-refractivity contribution in [3.63, 3.8) is 0 Å². The first-order chi connectivity index (χ1) is 10.5. The lowest BCUT2D eigenvalue weighted by atomic mass is 10.2. The second-order valence-corrected chi connectivity index (χ2v) is 6.54. The number of benzene rings is 2. The van der Waals surface area contributed by atoms with E-state index in [4.69, 9.17) is 5.73 Å². The second-order valence-electron chi connectivity index (χ2n) is 4.67. The fraction of sp³-hybridized carbons (Fsp3) is 0.125. The summed E-state index contributed by atoms with van der Waals surface area (Å²) in [5.41, 5.74) is 7.47. The van der Waals surface area contributed by atoms with Gasteiger partial charge in [-0.3, -0.25) is 9.59 Å². The number of aryl methyl sites for hydroxylation is 1. The number of thioether (sulfide) groups is 1. The average Bonchev–Trinajstić information content (AvgIpc) is 2.49. The molecule has 2 aromatic carbocycles. The van der Waals surface area contributed by atoms with Gasteiger partial charge in [-0.05, 0) is 36.8 Å². The lowest BCUT2D eigenvalue weighted by molar-refractivity contribution is -0.115. The van der Waals surface area contributed by atoms with E-state index in [1.54, 1.807) is 18.2 Å². The molecular formula is C16H15BrN2O2S. The van der Waals surface area contributed by atoms with Crippen LogP contribution in [0.25, 0.3) is 0 Å². The van der Waals surface area contributed by atoms with Crippen molar-refractivity contribution in [2.75, 3.05) is 11.1 Å². The third kappa shape index (κ3) is 4.35. The van der Waals surface area contributed by atoms with E-state index in [1.165, 1.54) is 11.8 Å². The van der Waals surface area contributed by atoms with Gasteiger partial charge >= 0.3 is 0 Å². The predicted molar refractivity (Wildman–Crippen MR) is 93.2 cm³/mol. The Kier molecular flexibility index (Phi) is 5.63. The van der Waals surface area contributed by atoms with Crippen molar-refractivity contribution in [2.24, 2.45) is 5.73 Å². The highest BCUT2D eigenvalue weighted by Gasteiger charge is 2.12. The number of anilines is 1. The van der Waals surface area contributed by atoms with Crippen LogP contribution in [0.3, 0.4) is 0 Å². The standard InChI is InChI=1S/C16H15BrN2O2S/c1-10-6-7-11(8-13(10)17)19-16(21)12-4-2-3-5-14(12)22-9-15(18)20/h2-8H,9H2,1H3,(H2,18,20)(H,19,21). The zero-order chi connectivity index (χ0) is 16.1. The molecule has 0 bridgehead atoms. The van der Waals surface area contributed by atoms with E-state index in [0.717, 1.165) is 14.9 Å². The molecule has 2 amide bonds. The van der Waals surface area contributed by atoms with E-state index in [-0.39, 0.29) is 11.7 Å². The van der Waals surface area contributed by atoms with Crippen molar-refractivity contribution < 1.29 is 9.59 Å². The van der Waals surface area contributed by atoms with Crippen LogP contribution in [0, 0.1) is 6.92 Å². The van der Waals surface area contributed by atoms with Gasteiger partial charge in [-0.15, -0.1) is 11.8 Å². The molecule has 0 aliphatic carbocycles. The molecule has 4 nitrogen and oxygen atoms in total. The number of carbonyl (C=O) groups is 2. The molecular weight excluding hydrogens is 364 g/mol. The molecule has 0 saturated carbocycles. The van der Waals surface area contributed by atoms with Gasteiger partial charge in [0, 0.05) is 15.1 Å². The molecule has 114 valence electrons. The molecule has 0 saturated heterocycles. The minimum absolute atomic E-state index is 0.139. The van der Waals surface area contributed by atoms with Crippen molar-refractivity contribution in [3.05, 3.63) is 58.1 Å². The maximum absolute atomic E-state index is 12.4. The average molecular weight is 379 g/mol. The molecule has 0 aromatic heterocycles. The van der Waals surface area contributed by atoms with E-state index >= 15 is 0 Å². The van der Waals surface area contributed by atoms with Crippen molar-refractivity contribution in [1.82, 2.24) is 0 Å². The SMILES string of the molecule is Cc1ccc(NC(=O)c2ccccc2SCC(N)=O)cc1Br. The zero-order valence-corrected chi connectivity index (χ0v) is 14.3. The van der Waals surface area contributed by atoms with Crippen LogP contribution < -0.4 is 11.1 Å². The topological polar surface area (TPSA) is 72.2 Å². The van der Waals surface area contributed by atoms with Crippen LogP contribution in [-0.4, -0.2) is 17.6 Å². The molecule has 6 heteroatoms. The number of halogens is 1. The van der Waals surface area contributed by atoms with Crippen LogP contribution in [0.15, 0.2) is 51.8 Å². The zero-order valence-electron chi connectivity index (χ0n) is 11.9. The van der Waals surface area contributed by atoms with Gasteiger partial charge in [-0.25, -0.2) is 0 Å². The molecule has 3 N–H and O–H groups in total. The number of hydrogen-bond donors (Lipinski definition) is 2. The number of hydrogen-bond acceptors (Lipinski definition) is 3. The van der Waals surface area contributed by atoms with E-state index in [9.17, 15) is 9.59 Å². The smallest absolute Gasteiger partial charge is 0.256 e. The number of primary amides is 1. The minimum Gasteiger partial charge on any atom is -0.369 e. The van der Waals surface area contributed by atoms with Crippen LogP contribution in [0.4, 0.5) is 5.69 Å². The molecule has 2 rings (SSSR count). The van der Waals surface area contributed by atoms with E-state index in [1.807, 2.05) is 31.2 Å². The quantitative estimate of drug-likeness (QED) is 0.780. The van der Waals surface area contributed by atoms with Gasteiger partial charge in [0.1, 0.15) is 0 Å². The van der Waals surface area contributed by atoms with Crippen molar-refractivity contribution >= 4 is 45.2 Å². The first kappa shape index (κ1) is 16.6. The number of rotatable bonds is 5. The Bertz CT molecular complexity index is 719. The number of carbonyl (C=O) groups excluding carboxylic acids is 2. The summed E-state index contributed by atoms with van der Waals surface area (Å²) in [6.45, 7) is 1.98. The van der Waals surface area contributed by atoms with Gasteiger partial charge in [0.25, 0.3) is 5.91 Å². The minimum atomic E-state index is -0.414. The van der Waals surface area contributed by atoms with Crippen LogP contribution in [0.1, 0.15) is 15.9 Å². The van der Waals surface area contributed by atoms with Gasteiger partial charge in [0.05, 0.1) is 11.3 Å². The number of nitrogens with one attached hydrogen (secondary N) is 1. The molecule has 0 fully saturated rings. The summed E-state index contributed by atoms with van der Waals surface area (Å²) in [6.07, 6.45) is 0. The Morgan fingerprint density at radius 2 is 1.95 bits per heavy atom. The molecule has 0 heterocycles. The van der Waals surface area contributed by atoms with Gasteiger partial charge in [0.15, 0.2) is 0 Å². The van der Waals surface area contributed by atoms with E-state index in [0.29, 0.717) is 11.3 Å². The molecule has 0 radical (unpaired) electrons. The van der Waals surface area contributed by atoms with E-state index < -0.39 is 5.91 Å². The largest absolute Gasteiger partial charge is 0.369 e. The highest BCUT2D eigenvalue weighted by molar-refractivity contribution is 9.10. The monoisotopic (exact) mass is 378 g/mol. The van der Waals surface area contributed by atoms with Crippen molar-refractivity contribution in [2.45, 2.75) is 11.8 Å². The molecule has 2 aromatic rings. The fourth-order valence-electron chi connectivity index (χ4n) is 1.80. The number of nitrogens with two attached hydrogens (primary N) is 1. The Labute approximate surface area is 141 Å². The summed E-state index contributed by atoms with van der Waals surface area (Å²) < 4.78 is 0.932. The van der Waals surface area contributed by atoms with Crippen LogP contribution in [-0.2, 0) is 4.79 Å². The van der Waals surface area contributed by atoms with Crippen molar-refractivity contribution in [1.29, 1.82) is 0 Å². The predicted octanol–water partition coefficient (Wildman–Crippen LogP) is 3.59. The first-order valence-corrected chi connectivity index (χ1v) is 8.33. The summed E-state index contributed by atoms with van der Waals surface area (Å²) >= 11 is 4.70. The Morgan fingerprint density at radius 1 is 1.23 bits per heavy atom. The molecule has 0 atom stereocenters. The maximum atomic E-state index is 12.4. The molecule has 0 spiro atoms. The summed E-state index contributed by atoms with van der Waals surface area (Å²) in [7, 11) is 0. The van der Waals surface area contributed by atoms with Gasteiger partial charge in [-0.2, -0.15) is 0 Å². The van der Waals surface area contributed by atoms with Crippen LogP contribution in [0.5, 0.6) is 0 Å². The normalized spacial score (nSPS) is 10.3. The summed E-state index contributed by atoms with van der Waals surface area (Å²) in [5, 5.41) is 2.86. The van der Waals surface area contributed by atoms with Crippen LogP contribution in [0.2, 0.25) is 0 Å². The lowest BCUT2D eigenvalue weighted by Crippen LogP contribution is -2.15. The van der Waals surface area contributed by atoms with Gasteiger partial charge in [-0.1, -0.05) is 34.1 Å². The Hall–Kier alpha value is -1.79. The molecule has 0 aliphatic heterocycles. The van der Waals surface area contributed by atoms with E-state index in [2.05, 4.69) is 21.2 Å². The Morgan fingerprint density at radius 3 is 2.64 bits per heavy atom. The number of amides is 2. The molecule has 0 aliphatic rings. The second kappa shape index (κ2) is 7.47. The fourth-order valence-corrected chi connectivity index (χ4v) is 2.97.